The summed E-state index contributed by atoms with van der Waals surface area (Å²) in [5.41, 5.74) is 2.51. The Kier molecular flexibility index (Phi) is 7.79. The molecule has 41 heavy (non-hydrogen) atoms. The first-order valence-electron chi connectivity index (χ1n) is 13.1. The van der Waals surface area contributed by atoms with E-state index in [1.807, 2.05) is 26.0 Å². The lowest BCUT2D eigenvalue weighted by Crippen LogP contribution is -2.43. The monoisotopic (exact) mass is 590 g/mol. The number of benzene rings is 2. The van der Waals surface area contributed by atoms with Crippen LogP contribution in [0.15, 0.2) is 80.1 Å². The van der Waals surface area contributed by atoms with Gasteiger partial charge in [0, 0.05) is 41.4 Å². The number of carbonyl (C=O) groups excluding carboxylic acids is 1. The van der Waals surface area contributed by atoms with Crippen molar-refractivity contribution < 1.29 is 14.1 Å². The fraction of sp³-hybridized carbons (Fsp3) is 0.233. The van der Waals surface area contributed by atoms with Gasteiger partial charge in [-0.25, -0.2) is 4.99 Å². The molecule has 2 aromatic heterocycles. The normalized spacial score (nSPS) is 15.0. The predicted octanol–water partition coefficient (Wildman–Crippen LogP) is 5.23. The highest BCUT2D eigenvalue weighted by atomic mass is 35.5. The van der Waals surface area contributed by atoms with Crippen LogP contribution in [0.5, 0.6) is 0 Å². The Balaban J connectivity index is 1.64. The minimum Gasteiger partial charge on any atom is -0.457 e. The van der Waals surface area contributed by atoms with Crippen LogP contribution in [0.25, 0.3) is 17.4 Å². The summed E-state index contributed by atoms with van der Waals surface area (Å²) in [4.78, 5) is 45.4. The summed E-state index contributed by atoms with van der Waals surface area (Å²) >= 11 is 7.36. The summed E-state index contributed by atoms with van der Waals surface area (Å²) in [6.45, 7) is 8.33. The Hall–Kier alpha value is -4.28. The number of halogens is 1. The summed E-state index contributed by atoms with van der Waals surface area (Å²) in [6.07, 6.45) is 1.63. The van der Waals surface area contributed by atoms with Crippen LogP contribution in [0, 0.1) is 17.0 Å². The number of thiazole rings is 1. The molecule has 210 valence electrons. The average Bonchev–Trinajstić information content (AvgIpc) is 3.53. The summed E-state index contributed by atoms with van der Waals surface area (Å²) in [5, 5.41) is 11.9. The van der Waals surface area contributed by atoms with E-state index in [1.54, 1.807) is 65.8 Å². The second-order valence-electron chi connectivity index (χ2n) is 9.52. The van der Waals surface area contributed by atoms with Crippen LogP contribution < -0.4 is 14.9 Å². The van der Waals surface area contributed by atoms with E-state index in [0.717, 1.165) is 5.56 Å². The first kappa shape index (κ1) is 28.3. The third kappa shape index (κ3) is 5.16. The molecule has 0 saturated heterocycles. The molecule has 4 aromatic rings. The molecule has 11 heteroatoms. The minimum atomic E-state index is -0.682. The first-order valence-corrected chi connectivity index (χ1v) is 14.3. The van der Waals surface area contributed by atoms with Gasteiger partial charge in [-0.3, -0.25) is 24.3 Å². The van der Waals surface area contributed by atoms with Gasteiger partial charge in [-0.15, -0.1) is 0 Å². The molecule has 9 nitrogen and oxygen atoms in total. The highest BCUT2D eigenvalue weighted by Crippen LogP contribution is 2.33. The maximum absolute atomic E-state index is 13.9. The third-order valence-corrected chi connectivity index (χ3v) is 8.39. The fourth-order valence-electron chi connectivity index (χ4n) is 5.03. The van der Waals surface area contributed by atoms with Crippen LogP contribution in [0.2, 0.25) is 5.02 Å². The Morgan fingerprint density at radius 1 is 1.15 bits per heavy atom. The fourth-order valence-corrected chi connectivity index (χ4v) is 6.18. The molecular formula is C30H27ClN4O5S. The Morgan fingerprint density at radius 3 is 2.51 bits per heavy atom. The number of furan rings is 1. The van der Waals surface area contributed by atoms with Gasteiger partial charge in [0.25, 0.3) is 17.2 Å². The van der Waals surface area contributed by atoms with Gasteiger partial charge in [-0.05, 0) is 57.5 Å². The van der Waals surface area contributed by atoms with Crippen molar-refractivity contribution in [2.24, 2.45) is 4.99 Å². The summed E-state index contributed by atoms with van der Waals surface area (Å²) in [5.74, 6) is 0.690. The average molecular weight is 591 g/mol. The smallest absolute Gasteiger partial charge is 0.273 e. The molecule has 2 aromatic carbocycles. The first-order chi connectivity index (χ1) is 19.6. The van der Waals surface area contributed by atoms with Crippen molar-refractivity contribution >= 4 is 40.6 Å². The molecule has 1 aliphatic rings. The number of hydrogen-bond donors (Lipinski definition) is 0. The van der Waals surface area contributed by atoms with Crippen LogP contribution >= 0.6 is 22.9 Å². The highest BCUT2D eigenvalue weighted by molar-refractivity contribution is 7.07. The number of hydrogen-bond acceptors (Lipinski definition) is 7. The molecule has 1 atom stereocenters. The van der Waals surface area contributed by atoms with Crippen molar-refractivity contribution in [2.45, 2.75) is 33.7 Å². The number of aromatic nitrogens is 1. The van der Waals surface area contributed by atoms with Gasteiger partial charge in [-0.1, -0.05) is 47.2 Å². The van der Waals surface area contributed by atoms with Crippen molar-refractivity contribution in [3.63, 3.8) is 0 Å². The summed E-state index contributed by atoms with van der Waals surface area (Å²) < 4.78 is 7.94. The number of fused-ring (bicyclic) bond motifs is 1. The SMILES string of the molecule is CCN(CC)C(=O)C1=C(C)N=c2s/c(=C/c3ccc(-c4cccc([N+](=O)[O-])c4C)o3)c(=O)n2[C@H]1c1ccc(Cl)cc1. The van der Waals surface area contributed by atoms with Gasteiger partial charge in [0.1, 0.15) is 11.5 Å². The van der Waals surface area contributed by atoms with E-state index >= 15 is 0 Å². The molecule has 0 radical (unpaired) electrons. The van der Waals surface area contributed by atoms with Crippen molar-refractivity contribution in [3.8, 4) is 11.3 Å². The molecule has 1 amide bonds. The van der Waals surface area contributed by atoms with E-state index in [-0.39, 0.29) is 17.2 Å². The summed E-state index contributed by atoms with van der Waals surface area (Å²) in [7, 11) is 0. The van der Waals surface area contributed by atoms with Crippen molar-refractivity contribution in [2.75, 3.05) is 13.1 Å². The second-order valence-corrected chi connectivity index (χ2v) is 11.0. The lowest BCUT2D eigenvalue weighted by molar-refractivity contribution is -0.385. The zero-order valence-corrected chi connectivity index (χ0v) is 24.5. The molecule has 0 saturated carbocycles. The Bertz CT molecular complexity index is 1880. The maximum atomic E-state index is 13.9. The minimum absolute atomic E-state index is 0.00129. The van der Waals surface area contributed by atoms with Crippen molar-refractivity contribution in [1.29, 1.82) is 0 Å². The molecule has 5 rings (SSSR count). The number of carbonyl (C=O) groups is 1. The van der Waals surface area contributed by atoms with Gasteiger partial charge in [0.05, 0.1) is 26.8 Å². The quantitative estimate of drug-likeness (QED) is 0.216. The summed E-state index contributed by atoms with van der Waals surface area (Å²) in [6, 6.07) is 14.7. The maximum Gasteiger partial charge on any atom is 0.273 e. The molecular weight excluding hydrogens is 564 g/mol. The number of nitro groups is 1. The topological polar surface area (TPSA) is 111 Å². The number of allylic oxidation sites excluding steroid dienone is 1. The molecule has 0 unspecified atom stereocenters. The van der Waals surface area contributed by atoms with Crippen LogP contribution in [0.1, 0.15) is 43.7 Å². The number of likely N-dealkylation sites (N-methyl/N-ethyl adjacent to an activating group) is 1. The Morgan fingerprint density at radius 2 is 1.85 bits per heavy atom. The molecule has 1 aliphatic heterocycles. The Labute approximate surface area is 244 Å². The zero-order valence-electron chi connectivity index (χ0n) is 22.9. The lowest BCUT2D eigenvalue weighted by Gasteiger charge is -2.29. The third-order valence-electron chi connectivity index (χ3n) is 7.16. The molecule has 0 fully saturated rings. The molecule has 0 spiro atoms. The lowest BCUT2D eigenvalue weighted by atomic mass is 9.94. The van der Waals surface area contributed by atoms with Gasteiger partial charge in [0.2, 0.25) is 0 Å². The highest BCUT2D eigenvalue weighted by Gasteiger charge is 2.34. The molecule has 0 bridgehead atoms. The number of rotatable bonds is 7. The van der Waals surface area contributed by atoms with Crippen LogP contribution in [0.4, 0.5) is 5.69 Å². The van der Waals surface area contributed by atoms with E-state index in [1.165, 1.54) is 17.4 Å². The number of nitrogens with zero attached hydrogens (tertiary/aromatic N) is 4. The predicted molar refractivity (Wildman–Crippen MR) is 159 cm³/mol. The van der Waals surface area contributed by atoms with E-state index in [9.17, 15) is 19.7 Å². The second kappa shape index (κ2) is 11.3. The van der Waals surface area contributed by atoms with Crippen LogP contribution in [-0.2, 0) is 4.79 Å². The zero-order chi connectivity index (χ0) is 29.4. The van der Waals surface area contributed by atoms with Crippen LogP contribution in [0.3, 0.4) is 0 Å². The molecule has 3 heterocycles. The van der Waals surface area contributed by atoms with Gasteiger partial charge in [0.15, 0.2) is 4.80 Å². The molecule has 0 aliphatic carbocycles. The standard InChI is InChI=1S/C30H27ClN4O5S/c1-5-33(6-2)29(37)26-18(4)32-30-34(27(26)19-10-12-20(31)13-11-19)28(36)25(41-30)16-21-14-15-24(40-21)22-8-7-9-23(17(22)3)35(38)39/h7-16,27H,5-6H2,1-4H3/b25-16+/t27-/m0/s1. The van der Waals surface area contributed by atoms with Gasteiger partial charge >= 0.3 is 0 Å². The van der Waals surface area contributed by atoms with E-state index in [0.29, 0.717) is 61.4 Å². The van der Waals surface area contributed by atoms with Gasteiger partial charge in [-0.2, -0.15) is 0 Å². The van der Waals surface area contributed by atoms with Crippen LogP contribution in [-0.4, -0.2) is 33.4 Å². The number of nitro benzene ring substituents is 1. The van der Waals surface area contributed by atoms with E-state index < -0.39 is 11.0 Å². The molecule has 0 N–H and O–H groups in total. The number of amides is 1. The van der Waals surface area contributed by atoms with Crippen molar-refractivity contribution in [3.05, 3.63) is 118 Å². The van der Waals surface area contributed by atoms with E-state index in [4.69, 9.17) is 16.0 Å². The largest absolute Gasteiger partial charge is 0.457 e. The van der Waals surface area contributed by atoms with E-state index in [2.05, 4.69) is 4.99 Å². The van der Waals surface area contributed by atoms with Gasteiger partial charge < -0.3 is 9.32 Å². The van der Waals surface area contributed by atoms with Crippen molar-refractivity contribution in [1.82, 2.24) is 9.47 Å².